The van der Waals surface area contributed by atoms with Gasteiger partial charge in [0.25, 0.3) is 0 Å². The van der Waals surface area contributed by atoms with E-state index in [0.717, 1.165) is 11.7 Å². The first-order valence-electron chi connectivity index (χ1n) is 4.70. The molecule has 1 nitrogen and oxygen atoms in total. The number of hydrogen-bond donors (Lipinski definition) is 1. The molecule has 1 rings (SSSR count). The van der Waals surface area contributed by atoms with Gasteiger partial charge in [-0.2, -0.15) is 11.8 Å². The predicted octanol–water partition coefficient (Wildman–Crippen LogP) is 2.40. The molecule has 2 heteroatoms. The van der Waals surface area contributed by atoms with Crippen molar-refractivity contribution in [3.05, 3.63) is 0 Å². The fourth-order valence-electron chi connectivity index (χ4n) is 1.43. The topological polar surface area (TPSA) is 26.0 Å². The number of hydrogen-bond acceptors (Lipinski definition) is 2. The van der Waals surface area contributed by atoms with E-state index in [9.17, 15) is 0 Å². The Morgan fingerprint density at radius 1 is 1.45 bits per heavy atom. The Kier molecular flexibility index (Phi) is 4.31. The van der Waals surface area contributed by atoms with E-state index in [-0.39, 0.29) is 0 Å². The molecule has 0 aromatic carbocycles. The molecule has 1 aliphatic rings. The smallest absolute Gasteiger partial charge is 0.0127 e. The molecule has 1 saturated carbocycles. The third-order valence-electron chi connectivity index (χ3n) is 2.37. The van der Waals surface area contributed by atoms with Crippen molar-refractivity contribution in [2.75, 3.05) is 5.75 Å². The summed E-state index contributed by atoms with van der Waals surface area (Å²) in [6.45, 7) is 2.17. The van der Waals surface area contributed by atoms with Crippen LogP contribution in [-0.4, -0.2) is 17.0 Å². The van der Waals surface area contributed by atoms with Crippen molar-refractivity contribution >= 4 is 11.8 Å². The molecule has 0 bridgehead atoms. The average Bonchev–Trinajstić information content (AvgIpc) is 2.52. The monoisotopic (exact) mass is 173 g/mol. The molecule has 0 amide bonds. The van der Waals surface area contributed by atoms with Crippen molar-refractivity contribution in [1.29, 1.82) is 0 Å². The van der Waals surface area contributed by atoms with Crippen LogP contribution in [0.25, 0.3) is 0 Å². The maximum absolute atomic E-state index is 5.83. The van der Waals surface area contributed by atoms with E-state index in [1.165, 1.54) is 31.4 Å². The van der Waals surface area contributed by atoms with Gasteiger partial charge in [0.1, 0.15) is 0 Å². The van der Waals surface area contributed by atoms with Crippen LogP contribution in [0.4, 0.5) is 0 Å². The summed E-state index contributed by atoms with van der Waals surface area (Å²) in [6, 6.07) is 0.431. The first-order valence-corrected chi connectivity index (χ1v) is 5.75. The van der Waals surface area contributed by atoms with Gasteiger partial charge < -0.3 is 5.73 Å². The lowest BCUT2D eigenvalue weighted by molar-refractivity contribution is 0.721. The summed E-state index contributed by atoms with van der Waals surface area (Å²) in [5.41, 5.74) is 5.83. The van der Waals surface area contributed by atoms with Gasteiger partial charge in [-0.05, 0) is 19.3 Å². The zero-order chi connectivity index (χ0) is 8.10. The largest absolute Gasteiger partial charge is 0.327 e. The molecule has 1 atom stereocenters. The van der Waals surface area contributed by atoms with Gasteiger partial charge in [-0.15, -0.1) is 0 Å². The maximum Gasteiger partial charge on any atom is 0.0127 e. The highest BCUT2D eigenvalue weighted by molar-refractivity contribution is 7.99. The summed E-state index contributed by atoms with van der Waals surface area (Å²) in [5, 5.41) is 0.938. The van der Waals surface area contributed by atoms with E-state index >= 15 is 0 Å². The lowest BCUT2D eigenvalue weighted by Gasteiger charge is -2.12. The van der Waals surface area contributed by atoms with Gasteiger partial charge in [0, 0.05) is 17.0 Å². The van der Waals surface area contributed by atoms with E-state index in [4.69, 9.17) is 5.73 Å². The second-order valence-corrected chi connectivity index (χ2v) is 4.74. The molecule has 0 aromatic rings. The lowest BCUT2D eigenvalue weighted by atomic mass is 10.3. The van der Waals surface area contributed by atoms with Crippen LogP contribution in [0.1, 0.15) is 39.0 Å². The van der Waals surface area contributed by atoms with Gasteiger partial charge in [0.15, 0.2) is 0 Å². The van der Waals surface area contributed by atoms with E-state index in [2.05, 4.69) is 18.7 Å². The van der Waals surface area contributed by atoms with Crippen LogP contribution in [0.5, 0.6) is 0 Å². The highest BCUT2D eigenvalue weighted by atomic mass is 32.2. The molecule has 0 spiro atoms. The summed E-state index contributed by atoms with van der Waals surface area (Å²) in [7, 11) is 0. The van der Waals surface area contributed by atoms with Crippen LogP contribution in [0.2, 0.25) is 0 Å². The molecule has 1 aliphatic carbocycles. The van der Waals surface area contributed by atoms with E-state index in [1.807, 2.05) is 0 Å². The van der Waals surface area contributed by atoms with Crippen molar-refractivity contribution in [3.8, 4) is 0 Å². The Labute approximate surface area is 74.1 Å². The average molecular weight is 173 g/mol. The minimum atomic E-state index is 0.431. The summed E-state index contributed by atoms with van der Waals surface area (Å²) in [6.07, 6.45) is 6.87. The Bertz CT molecular complexity index is 99.7. The van der Waals surface area contributed by atoms with Gasteiger partial charge in [-0.1, -0.05) is 19.8 Å². The van der Waals surface area contributed by atoms with Crippen molar-refractivity contribution in [1.82, 2.24) is 0 Å². The van der Waals surface area contributed by atoms with Gasteiger partial charge in [0.05, 0.1) is 0 Å². The summed E-state index contributed by atoms with van der Waals surface area (Å²) in [4.78, 5) is 0. The Balaban J connectivity index is 2.01. The van der Waals surface area contributed by atoms with Gasteiger partial charge in [-0.25, -0.2) is 0 Å². The predicted molar refractivity (Wildman–Crippen MR) is 53.0 cm³/mol. The van der Waals surface area contributed by atoms with Crippen LogP contribution in [0.3, 0.4) is 0 Å². The van der Waals surface area contributed by atoms with Crippen molar-refractivity contribution < 1.29 is 0 Å². The molecule has 0 heterocycles. The third kappa shape index (κ3) is 3.48. The van der Waals surface area contributed by atoms with E-state index in [1.54, 1.807) is 0 Å². The molecule has 0 aliphatic heterocycles. The van der Waals surface area contributed by atoms with Crippen molar-refractivity contribution in [2.45, 2.75) is 50.3 Å². The van der Waals surface area contributed by atoms with E-state index < -0.39 is 0 Å². The Morgan fingerprint density at radius 2 is 2.09 bits per heavy atom. The maximum atomic E-state index is 5.83. The summed E-state index contributed by atoms with van der Waals surface area (Å²) < 4.78 is 0. The highest BCUT2D eigenvalue weighted by Gasteiger charge is 2.15. The fourth-order valence-corrected chi connectivity index (χ4v) is 2.85. The molecule has 0 unspecified atom stereocenters. The summed E-state index contributed by atoms with van der Waals surface area (Å²) >= 11 is 2.09. The normalized spacial score (nSPS) is 22.4. The SMILES string of the molecule is CC[C@@H](N)CSC1CCCC1. The first kappa shape index (κ1) is 9.40. The molecule has 0 aromatic heterocycles. The van der Waals surface area contributed by atoms with Crippen LogP contribution < -0.4 is 5.73 Å². The van der Waals surface area contributed by atoms with Crippen LogP contribution in [0.15, 0.2) is 0 Å². The molecule has 66 valence electrons. The first-order chi connectivity index (χ1) is 5.33. The fraction of sp³-hybridized carbons (Fsp3) is 1.00. The van der Waals surface area contributed by atoms with Crippen LogP contribution >= 0.6 is 11.8 Å². The number of rotatable bonds is 4. The molecule has 0 radical (unpaired) electrons. The minimum absolute atomic E-state index is 0.431. The molecular formula is C9H19NS. The quantitative estimate of drug-likeness (QED) is 0.706. The number of thioether (sulfide) groups is 1. The van der Waals surface area contributed by atoms with Crippen molar-refractivity contribution in [2.24, 2.45) is 5.73 Å². The molecule has 0 saturated heterocycles. The van der Waals surface area contributed by atoms with E-state index in [0.29, 0.717) is 6.04 Å². The zero-order valence-corrected chi connectivity index (χ0v) is 8.20. The molecular weight excluding hydrogens is 154 g/mol. The standard InChI is InChI=1S/C9H19NS/c1-2-8(10)7-11-9-5-3-4-6-9/h8-9H,2-7,10H2,1H3/t8-/m1/s1. The zero-order valence-electron chi connectivity index (χ0n) is 7.38. The number of nitrogens with two attached hydrogens (primary N) is 1. The van der Waals surface area contributed by atoms with Gasteiger partial charge in [-0.3, -0.25) is 0 Å². The van der Waals surface area contributed by atoms with Gasteiger partial charge in [0.2, 0.25) is 0 Å². The Hall–Kier alpha value is 0.310. The molecule has 11 heavy (non-hydrogen) atoms. The van der Waals surface area contributed by atoms with Gasteiger partial charge >= 0.3 is 0 Å². The lowest BCUT2D eigenvalue weighted by Crippen LogP contribution is -2.22. The molecule has 2 N–H and O–H groups in total. The van der Waals surface area contributed by atoms with Crippen LogP contribution in [-0.2, 0) is 0 Å². The minimum Gasteiger partial charge on any atom is -0.327 e. The molecule has 1 fully saturated rings. The summed E-state index contributed by atoms with van der Waals surface area (Å²) in [5.74, 6) is 1.17. The third-order valence-corrected chi connectivity index (χ3v) is 3.94. The second-order valence-electron chi connectivity index (χ2n) is 3.41. The Morgan fingerprint density at radius 3 is 2.64 bits per heavy atom. The second kappa shape index (κ2) is 5.04. The highest BCUT2D eigenvalue weighted by Crippen LogP contribution is 2.29. The van der Waals surface area contributed by atoms with Crippen LogP contribution in [0, 0.1) is 0 Å². The van der Waals surface area contributed by atoms with Crippen molar-refractivity contribution in [3.63, 3.8) is 0 Å².